The van der Waals surface area contributed by atoms with E-state index in [-0.39, 0.29) is 16.4 Å². The van der Waals surface area contributed by atoms with Crippen molar-refractivity contribution in [3.8, 4) is 0 Å². The molecule has 0 radical (unpaired) electrons. The summed E-state index contributed by atoms with van der Waals surface area (Å²) in [6.45, 7) is 7.09. The number of hydrogen-bond donors (Lipinski definition) is 1. The molecule has 0 aromatic carbocycles. The molecule has 6 atom stereocenters. The number of hydrogen-bond acceptors (Lipinski definition) is 1. The summed E-state index contributed by atoms with van der Waals surface area (Å²) < 4.78 is 0. The van der Waals surface area contributed by atoms with Crippen LogP contribution in [0.5, 0.6) is 0 Å². The molecule has 1 nitrogen and oxygen atoms in total. The molecular formula is C15H24O. The molecule has 90 valence electrons. The largest absolute Gasteiger partial charge is 0.389 e. The van der Waals surface area contributed by atoms with Crippen LogP contribution in [-0.4, -0.2) is 10.7 Å². The molecule has 1 N–H and O–H groups in total. The Morgan fingerprint density at radius 3 is 2.62 bits per heavy atom. The number of aliphatic hydroxyl groups is 1. The van der Waals surface area contributed by atoms with Gasteiger partial charge in [0, 0.05) is 0 Å². The molecule has 0 aliphatic heterocycles. The maximum Gasteiger partial charge on any atom is 0.0759 e. The highest BCUT2D eigenvalue weighted by Crippen LogP contribution is 2.76. The molecule has 5 fully saturated rings. The van der Waals surface area contributed by atoms with Gasteiger partial charge in [0.1, 0.15) is 0 Å². The van der Waals surface area contributed by atoms with Gasteiger partial charge in [0.2, 0.25) is 0 Å². The lowest BCUT2D eigenvalue weighted by molar-refractivity contribution is -0.283. The Morgan fingerprint density at radius 2 is 1.88 bits per heavy atom. The molecule has 5 saturated carbocycles. The van der Waals surface area contributed by atoms with E-state index < -0.39 is 0 Å². The van der Waals surface area contributed by atoms with Gasteiger partial charge in [-0.15, -0.1) is 0 Å². The second-order valence-electron chi connectivity index (χ2n) is 7.94. The molecular weight excluding hydrogens is 196 g/mol. The fourth-order valence-corrected chi connectivity index (χ4v) is 6.11. The zero-order valence-electron chi connectivity index (χ0n) is 10.8. The van der Waals surface area contributed by atoms with Crippen molar-refractivity contribution in [2.75, 3.05) is 0 Å². The van der Waals surface area contributed by atoms with E-state index in [1.165, 1.54) is 25.7 Å². The summed E-state index contributed by atoms with van der Waals surface area (Å²) in [4.78, 5) is 0. The predicted molar refractivity (Wildman–Crippen MR) is 63.9 cm³/mol. The van der Waals surface area contributed by atoms with Gasteiger partial charge in [-0.3, -0.25) is 0 Å². The highest BCUT2D eigenvalue weighted by Gasteiger charge is 2.74. The van der Waals surface area contributed by atoms with E-state index in [4.69, 9.17) is 0 Å². The Kier molecular flexibility index (Phi) is 1.48. The highest BCUT2D eigenvalue weighted by atomic mass is 16.3. The quantitative estimate of drug-likeness (QED) is 0.664. The van der Waals surface area contributed by atoms with Crippen LogP contribution >= 0.6 is 0 Å². The molecule has 16 heavy (non-hydrogen) atoms. The van der Waals surface area contributed by atoms with E-state index in [0.717, 1.165) is 30.1 Å². The monoisotopic (exact) mass is 220 g/mol. The smallest absolute Gasteiger partial charge is 0.0759 e. The van der Waals surface area contributed by atoms with E-state index in [1.54, 1.807) is 0 Å². The van der Waals surface area contributed by atoms with Crippen LogP contribution in [0.4, 0.5) is 0 Å². The zero-order chi connectivity index (χ0) is 11.3. The van der Waals surface area contributed by atoms with Crippen LogP contribution in [0.1, 0.15) is 52.9 Å². The first kappa shape index (κ1) is 9.94. The van der Waals surface area contributed by atoms with Gasteiger partial charge in [0.25, 0.3) is 0 Å². The summed E-state index contributed by atoms with van der Waals surface area (Å²) in [6.07, 6.45) is 6.58. The topological polar surface area (TPSA) is 20.2 Å². The Labute approximate surface area is 98.6 Å². The van der Waals surface area contributed by atoms with Gasteiger partial charge in [0.05, 0.1) is 5.60 Å². The van der Waals surface area contributed by atoms with Crippen molar-refractivity contribution in [2.24, 2.45) is 34.5 Å². The summed E-state index contributed by atoms with van der Waals surface area (Å²) >= 11 is 0. The van der Waals surface area contributed by atoms with Crippen molar-refractivity contribution in [2.45, 2.75) is 58.5 Å². The minimum atomic E-state index is -0.358. The van der Waals surface area contributed by atoms with Crippen LogP contribution in [0.2, 0.25) is 0 Å². The second kappa shape index (κ2) is 2.39. The van der Waals surface area contributed by atoms with Gasteiger partial charge >= 0.3 is 0 Å². The number of fused-ring (bicyclic) bond motifs is 2. The number of rotatable bonds is 0. The fourth-order valence-electron chi connectivity index (χ4n) is 6.11. The second-order valence-corrected chi connectivity index (χ2v) is 7.94. The molecule has 0 aromatic rings. The average Bonchev–Trinajstić information content (AvgIpc) is 2.94. The van der Waals surface area contributed by atoms with Crippen LogP contribution < -0.4 is 0 Å². The van der Waals surface area contributed by atoms with E-state index in [0.29, 0.717) is 0 Å². The molecule has 0 heterocycles. The maximum atomic E-state index is 11.4. The molecule has 0 amide bonds. The van der Waals surface area contributed by atoms with Crippen molar-refractivity contribution >= 4 is 0 Å². The Bertz CT molecular complexity index is 360. The molecule has 1 heteroatoms. The molecule has 5 rings (SSSR count). The maximum absolute atomic E-state index is 11.4. The van der Waals surface area contributed by atoms with E-state index in [1.807, 2.05) is 0 Å². The van der Waals surface area contributed by atoms with E-state index >= 15 is 0 Å². The Morgan fingerprint density at radius 1 is 1.12 bits per heavy atom. The zero-order valence-corrected chi connectivity index (χ0v) is 10.8. The van der Waals surface area contributed by atoms with Gasteiger partial charge in [0.15, 0.2) is 0 Å². The molecule has 0 saturated heterocycles. The standard InChI is InChI=1S/C15H24O/c1-13(2)10-4-5-14(3)12(7-10)11-6-9(11)8-15(13,14)16/h9-12,16H,4-8H2,1-3H3. The summed E-state index contributed by atoms with van der Waals surface area (Å²) in [5.41, 5.74) is 0.0382. The minimum absolute atomic E-state index is 0.157. The van der Waals surface area contributed by atoms with Crippen LogP contribution in [0.25, 0.3) is 0 Å². The Balaban J connectivity index is 1.91. The summed E-state index contributed by atoms with van der Waals surface area (Å²) in [5.74, 6) is 3.50. The summed E-state index contributed by atoms with van der Waals surface area (Å²) in [6, 6.07) is 0. The normalized spacial score (nSPS) is 65.2. The third-order valence-corrected chi connectivity index (χ3v) is 7.45. The van der Waals surface area contributed by atoms with E-state index in [2.05, 4.69) is 20.8 Å². The summed E-state index contributed by atoms with van der Waals surface area (Å²) in [5, 5.41) is 11.4. The summed E-state index contributed by atoms with van der Waals surface area (Å²) in [7, 11) is 0. The fraction of sp³-hybridized carbons (Fsp3) is 1.00. The average molecular weight is 220 g/mol. The van der Waals surface area contributed by atoms with E-state index in [9.17, 15) is 5.11 Å². The van der Waals surface area contributed by atoms with Crippen molar-refractivity contribution in [1.29, 1.82) is 0 Å². The first-order valence-electron chi connectivity index (χ1n) is 7.12. The van der Waals surface area contributed by atoms with Crippen molar-refractivity contribution in [3.63, 3.8) is 0 Å². The predicted octanol–water partition coefficient (Wildman–Crippen LogP) is 3.22. The lowest BCUT2D eigenvalue weighted by atomic mass is 9.37. The first-order valence-corrected chi connectivity index (χ1v) is 7.12. The van der Waals surface area contributed by atoms with Crippen molar-refractivity contribution < 1.29 is 5.11 Å². The van der Waals surface area contributed by atoms with Crippen LogP contribution in [-0.2, 0) is 0 Å². The van der Waals surface area contributed by atoms with Crippen molar-refractivity contribution in [1.82, 2.24) is 0 Å². The van der Waals surface area contributed by atoms with Crippen LogP contribution in [0.15, 0.2) is 0 Å². The van der Waals surface area contributed by atoms with Gasteiger partial charge in [-0.1, -0.05) is 20.8 Å². The first-order chi connectivity index (χ1) is 7.40. The molecule has 0 spiro atoms. The lowest BCUT2D eigenvalue weighted by Gasteiger charge is -2.70. The van der Waals surface area contributed by atoms with Gasteiger partial charge in [-0.05, 0) is 66.6 Å². The lowest BCUT2D eigenvalue weighted by Crippen LogP contribution is -2.70. The third-order valence-electron chi connectivity index (χ3n) is 7.45. The van der Waals surface area contributed by atoms with Crippen LogP contribution in [0, 0.1) is 34.5 Å². The highest BCUT2D eigenvalue weighted by molar-refractivity contribution is 5.24. The van der Waals surface area contributed by atoms with Gasteiger partial charge < -0.3 is 5.11 Å². The van der Waals surface area contributed by atoms with Gasteiger partial charge in [-0.25, -0.2) is 0 Å². The molecule has 5 aliphatic carbocycles. The van der Waals surface area contributed by atoms with Crippen LogP contribution in [0.3, 0.4) is 0 Å². The SMILES string of the molecule is CC1(C)C2CCC3(C)C(C2)C2CC2CC13O. The minimum Gasteiger partial charge on any atom is -0.389 e. The molecule has 4 bridgehead atoms. The molecule has 5 aliphatic rings. The molecule has 6 unspecified atom stereocenters. The Hall–Kier alpha value is -0.0400. The molecule has 0 aromatic heterocycles. The van der Waals surface area contributed by atoms with Crippen molar-refractivity contribution in [3.05, 3.63) is 0 Å². The van der Waals surface area contributed by atoms with Gasteiger partial charge in [-0.2, -0.15) is 0 Å². The third kappa shape index (κ3) is 0.776.